The van der Waals surface area contributed by atoms with Crippen LogP contribution in [0, 0.1) is 0 Å². The highest BCUT2D eigenvalue weighted by Crippen LogP contribution is 2.27. The summed E-state index contributed by atoms with van der Waals surface area (Å²) < 4.78 is 7.69. The summed E-state index contributed by atoms with van der Waals surface area (Å²) in [7, 11) is 0. The third-order valence-corrected chi connectivity index (χ3v) is 4.51. The first kappa shape index (κ1) is 11.8. The van der Waals surface area contributed by atoms with Crippen molar-refractivity contribution in [2.75, 3.05) is 5.73 Å². The largest absolute Gasteiger partial charge is 0.431 e. The smallest absolute Gasteiger partial charge is 0.257 e. The molecule has 0 aliphatic carbocycles. The van der Waals surface area contributed by atoms with Gasteiger partial charge in [-0.2, -0.15) is 0 Å². The van der Waals surface area contributed by atoms with Crippen LogP contribution in [0.2, 0.25) is 0 Å². The van der Waals surface area contributed by atoms with E-state index in [0.717, 1.165) is 27.5 Å². The summed E-state index contributed by atoms with van der Waals surface area (Å²) in [5, 5.41) is 2.66. The number of nitrogen functional groups attached to an aromatic ring is 1. The third kappa shape index (κ3) is 2.04. The highest BCUT2D eigenvalue weighted by atomic mass is 32.2. The minimum atomic E-state index is 0.641. The average molecular weight is 302 g/mol. The molecule has 4 aromatic rings. The Morgan fingerprint density at radius 3 is 3.20 bits per heavy atom. The van der Waals surface area contributed by atoms with Crippen molar-refractivity contribution in [2.24, 2.45) is 0 Å². The van der Waals surface area contributed by atoms with E-state index in [1.165, 1.54) is 11.8 Å². The lowest BCUT2D eigenvalue weighted by Crippen LogP contribution is -1.81. The second-order valence-corrected chi connectivity index (χ2v) is 6.12. The number of imidazole rings is 1. The zero-order chi connectivity index (χ0) is 13.5. The summed E-state index contributed by atoms with van der Waals surface area (Å²) in [6, 6.07) is 5.48. The van der Waals surface area contributed by atoms with Gasteiger partial charge < -0.3 is 10.2 Å². The van der Waals surface area contributed by atoms with Gasteiger partial charge in [-0.05, 0) is 12.1 Å². The molecule has 0 fully saturated rings. The molecule has 3 aromatic heterocycles. The van der Waals surface area contributed by atoms with Crippen molar-refractivity contribution in [3.05, 3.63) is 41.7 Å². The van der Waals surface area contributed by atoms with Crippen molar-refractivity contribution in [3.63, 3.8) is 0 Å². The number of aromatic nitrogens is 3. The maximum atomic E-state index is 5.72. The Morgan fingerprint density at radius 1 is 1.35 bits per heavy atom. The molecule has 2 N–H and O–H groups in total. The number of nitrogens with two attached hydrogens (primary N) is 1. The maximum absolute atomic E-state index is 5.72. The standard InChI is InChI=1S/C13H10N4OS2/c14-8-1-2-10-11(5-8)18-13(16-10)20-7-9-6-17-3-4-19-12(17)15-9/h1-6H,7,14H2. The van der Waals surface area contributed by atoms with Gasteiger partial charge in [0.1, 0.15) is 5.52 Å². The molecule has 0 aliphatic rings. The van der Waals surface area contributed by atoms with Crippen molar-refractivity contribution < 1.29 is 4.42 Å². The molecular formula is C13H10N4OS2. The Hall–Kier alpha value is -1.99. The summed E-state index contributed by atoms with van der Waals surface area (Å²) in [4.78, 5) is 9.95. The van der Waals surface area contributed by atoms with Gasteiger partial charge in [-0.15, -0.1) is 11.3 Å². The zero-order valence-electron chi connectivity index (χ0n) is 10.3. The van der Waals surface area contributed by atoms with E-state index < -0.39 is 0 Å². The van der Waals surface area contributed by atoms with Gasteiger partial charge >= 0.3 is 0 Å². The molecule has 0 radical (unpaired) electrons. The van der Waals surface area contributed by atoms with Gasteiger partial charge in [0.15, 0.2) is 10.5 Å². The number of fused-ring (bicyclic) bond motifs is 2. The number of thioether (sulfide) groups is 1. The molecule has 0 amide bonds. The molecule has 0 unspecified atom stereocenters. The van der Waals surface area contributed by atoms with E-state index in [1.54, 1.807) is 17.4 Å². The molecule has 0 saturated carbocycles. The molecule has 0 aliphatic heterocycles. The molecule has 0 spiro atoms. The summed E-state index contributed by atoms with van der Waals surface area (Å²) in [5.41, 5.74) is 8.97. The molecule has 0 atom stereocenters. The normalized spacial score (nSPS) is 11.6. The number of hydrogen-bond acceptors (Lipinski definition) is 6. The van der Waals surface area contributed by atoms with E-state index in [4.69, 9.17) is 10.2 Å². The fraction of sp³-hybridized carbons (Fsp3) is 0.0769. The second-order valence-electron chi connectivity index (χ2n) is 4.32. The SMILES string of the molecule is Nc1ccc2nc(SCc3cn4ccsc4n3)oc2c1. The first-order valence-electron chi connectivity index (χ1n) is 5.98. The summed E-state index contributed by atoms with van der Waals surface area (Å²) in [6.45, 7) is 0. The highest BCUT2D eigenvalue weighted by Gasteiger charge is 2.09. The monoisotopic (exact) mass is 302 g/mol. The van der Waals surface area contributed by atoms with Crippen LogP contribution in [-0.2, 0) is 5.75 Å². The fourth-order valence-corrected chi connectivity index (χ4v) is 3.40. The lowest BCUT2D eigenvalue weighted by atomic mass is 10.3. The van der Waals surface area contributed by atoms with E-state index in [2.05, 4.69) is 9.97 Å². The highest BCUT2D eigenvalue weighted by molar-refractivity contribution is 7.98. The Morgan fingerprint density at radius 2 is 2.30 bits per heavy atom. The topological polar surface area (TPSA) is 69.3 Å². The third-order valence-electron chi connectivity index (χ3n) is 2.88. The van der Waals surface area contributed by atoms with Gasteiger partial charge in [0, 0.05) is 35.3 Å². The Kier molecular flexibility index (Phi) is 2.68. The molecular weight excluding hydrogens is 292 g/mol. The van der Waals surface area contributed by atoms with Crippen LogP contribution in [0.3, 0.4) is 0 Å². The number of nitrogens with zero attached hydrogens (tertiary/aromatic N) is 3. The maximum Gasteiger partial charge on any atom is 0.257 e. The van der Waals surface area contributed by atoms with Gasteiger partial charge in [-0.3, -0.25) is 4.40 Å². The van der Waals surface area contributed by atoms with E-state index in [9.17, 15) is 0 Å². The van der Waals surface area contributed by atoms with Crippen LogP contribution in [0.5, 0.6) is 0 Å². The van der Waals surface area contributed by atoms with E-state index in [-0.39, 0.29) is 0 Å². The average Bonchev–Trinajstić information content (AvgIpc) is 3.08. The molecule has 4 rings (SSSR count). The first-order chi connectivity index (χ1) is 9.78. The van der Waals surface area contributed by atoms with Crippen LogP contribution in [-0.4, -0.2) is 14.4 Å². The van der Waals surface area contributed by atoms with E-state index in [0.29, 0.717) is 10.9 Å². The van der Waals surface area contributed by atoms with Crippen LogP contribution >= 0.6 is 23.1 Å². The lowest BCUT2D eigenvalue weighted by molar-refractivity contribution is 0.489. The summed E-state index contributed by atoms with van der Waals surface area (Å²) in [5.74, 6) is 0.733. The molecule has 7 heteroatoms. The van der Waals surface area contributed by atoms with Crippen LogP contribution in [0.4, 0.5) is 5.69 Å². The number of rotatable bonds is 3. The number of hydrogen-bond donors (Lipinski definition) is 1. The van der Waals surface area contributed by atoms with Crippen molar-refractivity contribution in [3.8, 4) is 0 Å². The van der Waals surface area contributed by atoms with Gasteiger partial charge in [0.2, 0.25) is 0 Å². The van der Waals surface area contributed by atoms with E-state index in [1.807, 2.05) is 34.3 Å². The van der Waals surface area contributed by atoms with Crippen molar-refractivity contribution >= 4 is 44.8 Å². The minimum absolute atomic E-state index is 0.641. The number of anilines is 1. The summed E-state index contributed by atoms with van der Waals surface area (Å²) in [6.07, 6.45) is 4.03. The molecule has 3 heterocycles. The number of oxazole rings is 1. The van der Waals surface area contributed by atoms with Crippen LogP contribution in [0.15, 0.2) is 45.6 Å². The molecule has 5 nitrogen and oxygen atoms in total. The van der Waals surface area contributed by atoms with Crippen LogP contribution in [0.1, 0.15) is 5.69 Å². The van der Waals surface area contributed by atoms with Gasteiger partial charge in [-0.1, -0.05) is 11.8 Å². The quantitative estimate of drug-likeness (QED) is 0.464. The lowest BCUT2D eigenvalue weighted by Gasteiger charge is -1.91. The molecule has 100 valence electrons. The number of benzene rings is 1. The van der Waals surface area contributed by atoms with Gasteiger partial charge in [0.05, 0.1) is 5.69 Å². The summed E-state index contributed by atoms with van der Waals surface area (Å²) >= 11 is 3.16. The predicted molar refractivity (Wildman–Crippen MR) is 81.1 cm³/mol. The molecule has 0 saturated heterocycles. The van der Waals surface area contributed by atoms with Crippen molar-refractivity contribution in [1.82, 2.24) is 14.4 Å². The number of thiazole rings is 1. The Balaban J connectivity index is 1.56. The van der Waals surface area contributed by atoms with Crippen LogP contribution in [0.25, 0.3) is 16.1 Å². The van der Waals surface area contributed by atoms with Gasteiger partial charge in [-0.25, -0.2) is 9.97 Å². The van der Waals surface area contributed by atoms with Crippen molar-refractivity contribution in [2.45, 2.75) is 11.0 Å². The predicted octanol–water partition coefficient (Wildman–Crippen LogP) is 3.41. The van der Waals surface area contributed by atoms with Crippen LogP contribution < -0.4 is 5.73 Å². The molecule has 20 heavy (non-hydrogen) atoms. The first-order valence-corrected chi connectivity index (χ1v) is 7.84. The molecule has 1 aromatic carbocycles. The van der Waals surface area contributed by atoms with Gasteiger partial charge in [0.25, 0.3) is 5.22 Å². The van der Waals surface area contributed by atoms with E-state index >= 15 is 0 Å². The Bertz CT molecular complexity index is 864. The zero-order valence-corrected chi connectivity index (χ0v) is 11.9. The molecule has 0 bridgehead atoms. The second kappa shape index (κ2) is 4.53. The van der Waals surface area contributed by atoms with Crippen molar-refractivity contribution in [1.29, 1.82) is 0 Å². The minimum Gasteiger partial charge on any atom is -0.431 e. The Labute approximate surface area is 122 Å². The fourth-order valence-electron chi connectivity index (χ4n) is 1.96.